The molecular formula is C14H17N3O3. The average Bonchev–Trinajstić information content (AvgIpc) is 2.97. The molecule has 3 N–H and O–H groups in total. The molecule has 1 amide bonds. The number of pyridine rings is 1. The van der Waals surface area contributed by atoms with Gasteiger partial charge in [0.25, 0.3) is 5.91 Å². The van der Waals surface area contributed by atoms with E-state index in [1.807, 2.05) is 0 Å². The summed E-state index contributed by atoms with van der Waals surface area (Å²) in [5.74, 6) is -0.495. The molecule has 1 aromatic rings. The second-order valence-electron chi connectivity index (χ2n) is 5.53. The van der Waals surface area contributed by atoms with Crippen molar-refractivity contribution in [2.45, 2.75) is 25.3 Å². The minimum atomic E-state index is -0.847. The first-order valence-electron chi connectivity index (χ1n) is 6.84. The highest BCUT2D eigenvalue weighted by Crippen LogP contribution is 2.44. The fraction of sp³-hybridized carbons (Fsp3) is 0.500. The van der Waals surface area contributed by atoms with E-state index >= 15 is 0 Å². The Balaban J connectivity index is 2.01. The van der Waals surface area contributed by atoms with Gasteiger partial charge in [0.1, 0.15) is 11.9 Å². The standard InChI is InChI=1S/C14H17N3O3/c15-12(18)10-5-2-6-16-13(10)17-7-8-3-1-4-9(8)11(17)14(19)20/h2,5-6,8-9,11H,1,3-4,7H2,(H2,15,18)(H,19,20). The molecule has 6 nitrogen and oxygen atoms in total. The van der Waals surface area contributed by atoms with Gasteiger partial charge in [-0.1, -0.05) is 6.42 Å². The van der Waals surface area contributed by atoms with Crippen molar-refractivity contribution in [3.8, 4) is 0 Å². The van der Waals surface area contributed by atoms with Crippen LogP contribution < -0.4 is 10.6 Å². The van der Waals surface area contributed by atoms with Crippen LogP contribution in [0.25, 0.3) is 0 Å². The molecule has 0 spiro atoms. The van der Waals surface area contributed by atoms with Gasteiger partial charge in [0.15, 0.2) is 0 Å². The minimum Gasteiger partial charge on any atom is -0.480 e. The summed E-state index contributed by atoms with van der Waals surface area (Å²) >= 11 is 0. The first-order chi connectivity index (χ1) is 9.59. The van der Waals surface area contributed by atoms with E-state index in [9.17, 15) is 14.7 Å². The second-order valence-corrected chi connectivity index (χ2v) is 5.53. The number of carbonyl (C=O) groups is 2. The summed E-state index contributed by atoms with van der Waals surface area (Å²) in [6.07, 6.45) is 4.62. The first kappa shape index (κ1) is 12.9. The number of hydrogen-bond acceptors (Lipinski definition) is 4. The van der Waals surface area contributed by atoms with Crippen LogP contribution in [0.5, 0.6) is 0 Å². The van der Waals surface area contributed by atoms with Crippen molar-refractivity contribution in [2.24, 2.45) is 17.6 Å². The SMILES string of the molecule is NC(=O)c1cccnc1N1CC2CCCC2C1C(=O)O. The summed E-state index contributed by atoms with van der Waals surface area (Å²) in [4.78, 5) is 29.1. The van der Waals surface area contributed by atoms with Crippen molar-refractivity contribution in [1.29, 1.82) is 0 Å². The number of nitrogens with two attached hydrogens (primary N) is 1. The number of nitrogens with zero attached hydrogens (tertiary/aromatic N) is 2. The molecule has 6 heteroatoms. The number of hydrogen-bond donors (Lipinski definition) is 2. The van der Waals surface area contributed by atoms with Crippen molar-refractivity contribution in [3.05, 3.63) is 23.9 Å². The lowest BCUT2D eigenvalue weighted by molar-refractivity contribution is -0.139. The summed E-state index contributed by atoms with van der Waals surface area (Å²) in [6, 6.07) is 2.63. The molecule has 1 aliphatic carbocycles. The lowest BCUT2D eigenvalue weighted by Crippen LogP contribution is -2.41. The summed E-state index contributed by atoms with van der Waals surface area (Å²) in [5.41, 5.74) is 5.66. The number of amides is 1. The van der Waals surface area contributed by atoms with Crippen molar-refractivity contribution >= 4 is 17.7 Å². The van der Waals surface area contributed by atoms with Gasteiger partial charge in [0.2, 0.25) is 0 Å². The first-order valence-corrected chi connectivity index (χ1v) is 6.84. The van der Waals surface area contributed by atoms with Gasteiger partial charge in [-0.25, -0.2) is 9.78 Å². The van der Waals surface area contributed by atoms with Crippen LogP contribution in [0.4, 0.5) is 5.82 Å². The van der Waals surface area contributed by atoms with Gasteiger partial charge in [-0.15, -0.1) is 0 Å². The lowest BCUT2D eigenvalue weighted by Gasteiger charge is -2.26. The zero-order valence-corrected chi connectivity index (χ0v) is 11.0. The van der Waals surface area contributed by atoms with Crippen LogP contribution in [-0.2, 0) is 4.79 Å². The summed E-state index contributed by atoms with van der Waals surface area (Å²) < 4.78 is 0. The molecule has 1 aliphatic heterocycles. The molecule has 1 aromatic heterocycles. The Labute approximate surface area is 116 Å². The quantitative estimate of drug-likeness (QED) is 0.853. The van der Waals surface area contributed by atoms with Crippen LogP contribution in [0.3, 0.4) is 0 Å². The normalized spacial score (nSPS) is 28.4. The van der Waals surface area contributed by atoms with Crippen molar-refractivity contribution < 1.29 is 14.7 Å². The van der Waals surface area contributed by atoms with Gasteiger partial charge in [-0.3, -0.25) is 4.79 Å². The van der Waals surface area contributed by atoms with Crippen LogP contribution in [0, 0.1) is 11.8 Å². The number of primary amides is 1. The van der Waals surface area contributed by atoms with Crippen LogP contribution >= 0.6 is 0 Å². The second kappa shape index (κ2) is 4.77. The van der Waals surface area contributed by atoms with Gasteiger partial charge in [-0.05, 0) is 36.8 Å². The van der Waals surface area contributed by atoms with Crippen LogP contribution in [0.2, 0.25) is 0 Å². The number of aliphatic carboxylic acids is 1. The molecule has 0 aromatic carbocycles. The number of carbonyl (C=O) groups excluding carboxylic acids is 1. The van der Waals surface area contributed by atoms with E-state index in [-0.39, 0.29) is 5.92 Å². The number of fused-ring (bicyclic) bond motifs is 1. The third kappa shape index (κ3) is 1.92. The van der Waals surface area contributed by atoms with Crippen molar-refractivity contribution in [3.63, 3.8) is 0 Å². The smallest absolute Gasteiger partial charge is 0.326 e. The Bertz CT molecular complexity index is 560. The molecule has 2 heterocycles. The third-order valence-electron chi connectivity index (χ3n) is 4.47. The van der Waals surface area contributed by atoms with Crippen LogP contribution in [0.15, 0.2) is 18.3 Å². The van der Waals surface area contributed by atoms with Gasteiger partial charge in [0, 0.05) is 12.7 Å². The number of carboxylic acids is 1. The Kier molecular flexibility index (Phi) is 3.08. The predicted molar refractivity (Wildman–Crippen MR) is 72.4 cm³/mol. The molecule has 1 saturated carbocycles. The zero-order chi connectivity index (χ0) is 14.3. The molecule has 106 valence electrons. The van der Waals surface area contributed by atoms with Crippen LogP contribution in [0.1, 0.15) is 29.6 Å². The van der Waals surface area contributed by atoms with Gasteiger partial charge < -0.3 is 15.7 Å². The number of carboxylic acid groups (broad SMARTS) is 1. The highest BCUT2D eigenvalue weighted by Gasteiger charge is 2.48. The molecule has 20 heavy (non-hydrogen) atoms. The largest absolute Gasteiger partial charge is 0.480 e. The van der Waals surface area contributed by atoms with Gasteiger partial charge >= 0.3 is 5.97 Å². The Hall–Kier alpha value is -2.11. The maximum atomic E-state index is 11.6. The fourth-order valence-corrected chi connectivity index (χ4v) is 3.66. The number of aromatic nitrogens is 1. The maximum absolute atomic E-state index is 11.6. The molecule has 0 radical (unpaired) electrons. The maximum Gasteiger partial charge on any atom is 0.326 e. The summed E-state index contributed by atoms with van der Waals surface area (Å²) in [5, 5.41) is 9.54. The van der Waals surface area contributed by atoms with E-state index in [1.54, 1.807) is 23.2 Å². The zero-order valence-electron chi connectivity index (χ0n) is 11.0. The van der Waals surface area contributed by atoms with Crippen LogP contribution in [-0.4, -0.2) is 34.6 Å². The third-order valence-corrected chi connectivity index (χ3v) is 4.47. The Morgan fingerprint density at radius 1 is 1.40 bits per heavy atom. The fourth-order valence-electron chi connectivity index (χ4n) is 3.66. The molecule has 2 fully saturated rings. The minimum absolute atomic E-state index is 0.148. The molecular weight excluding hydrogens is 258 g/mol. The van der Waals surface area contributed by atoms with Crippen molar-refractivity contribution in [2.75, 3.05) is 11.4 Å². The van der Waals surface area contributed by atoms with Gasteiger partial charge in [0.05, 0.1) is 5.56 Å². The highest BCUT2D eigenvalue weighted by molar-refractivity contribution is 5.98. The molecule has 0 bridgehead atoms. The Morgan fingerprint density at radius 3 is 2.90 bits per heavy atom. The Morgan fingerprint density at radius 2 is 2.20 bits per heavy atom. The summed E-state index contributed by atoms with van der Waals surface area (Å²) in [6.45, 7) is 0.638. The average molecular weight is 275 g/mol. The molecule has 1 saturated heterocycles. The number of rotatable bonds is 3. The van der Waals surface area contributed by atoms with E-state index in [1.165, 1.54) is 0 Å². The van der Waals surface area contributed by atoms with E-state index in [4.69, 9.17) is 5.73 Å². The van der Waals surface area contributed by atoms with E-state index in [0.29, 0.717) is 23.8 Å². The number of anilines is 1. The monoisotopic (exact) mass is 275 g/mol. The van der Waals surface area contributed by atoms with E-state index < -0.39 is 17.9 Å². The van der Waals surface area contributed by atoms with E-state index in [2.05, 4.69) is 4.98 Å². The van der Waals surface area contributed by atoms with Crippen molar-refractivity contribution in [1.82, 2.24) is 4.98 Å². The van der Waals surface area contributed by atoms with E-state index in [0.717, 1.165) is 19.3 Å². The molecule has 2 aliphatic rings. The van der Waals surface area contributed by atoms with Gasteiger partial charge in [-0.2, -0.15) is 0 Å². The molecule has 3 rings (SSSR count). The lowest BCUT2D eigenvalue weighted by atomic mass is 9.94. The molecule has 3 unspecified atom stereocenters. The molecule has 3 atom stereocenters. The highest BCUT2D eigenvalue weighted by atomic mass is 16.4. The topological polar surface area (TPSA) is 96.5 Å². The predicted octanol–water partition coefficient (Wildman–Crippen LogP) is 0.870. The summed E-state index contributed by atoms with van der Waals surface area (Å²) in [7, 11) is 0.